The van der Waals surface area contributed by atoms with E-state index in [1.807, 2.05) is 34.0 Å². The Hall–Kier alpha value is -0.830. The van der Waals surface area contributed by atoms with Crippen molar-refractivity contribution in [2.24, 2.45) is 12.5 Å². The van der Waals surface area contributed by atoms with E-state index in [-0.39, 0.29) is 5.41 Å². The number of aliphatic hydroxyl groups excluding tert-OH is 1. The van der Waals surface area contributed by atoms with Crippen LogP contribution < -0.4 is 0 Å². The van der Waals surface area contributed by atoms with E-state index in [0.717, 1.165) is 5.56 Å². The highest BCUT2D eigenvalue weighted by Crippen LogP contribution is 2.31. The Labute approximate surface area is 73.0 Å². The van der Waals surface area contributed by atoms with Gasteiger partial charge in [-0.3, -0.25) is 4.68 Å². The molecule has 0 saturated heterocycles. The van der Waals surface area contributed by atoms with E-state index in [4.69, 9.17) is 0 Å². The highest BCUT2D eigenvalue weighted by Gasteiger charge is 2.24. The first-order chi connectivity index (χ1) is 5.41. The predicted molar refractivity (Wildman–Crippen MR) is 47.6 cm³/mol. The first kappa shape index (κ1) is 9.26. The zero-order valence-corrected chi connectivity index (χ0v) is 8.07. The van der Waals surface area contributed by atoms with Crippen LogP contribution in [-0.2, 0) is 7.05 Å². The second kappa shape index (κ2) is 2.90. The lowest BCUT2D eigenvalue weighted by Gasteiger charge is -2.24. The summed E-state index contributed by atoms with van der Waals surface area (Å²) in [5.41, 5.74) is 0.758. The van der Waals surface area contributed by atoms with Crippen molar-refractivity contribution in [1.82, 2.24) is 9.78 Å². The maximum absolute atomic E-state index is 9.82. The molecule has 1 N–H and O–H groups in total. The van der Waals surface area contributed by atoms with Gasteiger partial charge >= 0.3 is 0 Å². The molecule has 0 fully saturated rings. The molecule has 1 heterocycles. The van der Waals surface area contributed by atoms with E-state index < -0.39 is 6.10 Å². The Morgan fingerprint density at radius 2 is 2.08 bits per heavy atom. The third kappa shape index (κ3) is 1.85. The minimum absolute atomic E-state index is 0.122. The molecule has 3 nitrogen and oxygen atoms in total. The van der Waals surface area contributed by atoms with Gasteiger partial charge in [-0.05, 0) is 5.41 Å². The molecule has 0 aliphatic heterocycles. The third-order valence-electron chi connectivity index (χ3n) is 1.86. The van der Waals surface area contributed by atoms with Crippen molar-refractivity contribution < 1.29 is 5.11 Å². The van der Waals surface area contributed by atoms with Crippen molar-refractivity contribution >= 4 is 0 Å². The summed E-state index contributed by atoms with van der Waals surface area (Å²) in [6.45, 7) is 6.01. The SMILES string of the molecule is Cn1cc(C(O)C(C)(C)C)cn1. The van der Waals surface area contributed by atoms with Crippen LogP contribution in [0.15, 0.2) is 12.4 Å². The van der Waals surface area contributed by atoms with Crippen LogP contribution in [0.2, 0.25) is 0 Å². The fraction of sp³-hybridized carbons (Fsp3) is 0.667. The first-order valence-corrected chi connectivity index (χ1v) is 4.08. The van der Waals surface area contributed by atoms with E-state index in [0.29, 0.717) is 0 Å². The number of aromatic nitrogens is 2. The molecule has 0 aliphatic carbocycles. The van der Waals surface area contributed by atoms with Crippen LogP contribution in [0.5, 0.6) is 0 Å². The van der Waals surface area contributed by atoms with Gasteiger partial charge in [0.15, 0.2) is 0 Å². The van der Waals surface area contributed by atoms with Gasteiger partial charge < -0.3 is 5.11 Å². The smallest absolute Gasteiger partial charge is 0.0868 e. The molecule has 0 bridgehead atoms. The molecule has 1 unspecified atom stereocenters. The maximum Gasteiger partial charge on any atom is 0.0868 e. The maximum atomic E-state index is 9.82. The Morgan fingerprint density at radius 3 is 2.42 bits per heavy atom. The van der Waals surface area contributed by atoms with E-state index in [1.165, 1.54) is 0 Å². The number of hydrogen-bond donors (Lipinski definition) is 1. The van der Waals surface area contributed by atoms with E-state index in [2.05, 4.69) is 5.10 Å². The molecular weight excluding hydrogens is 152 g/mol. The second-order valence-corrected chi connectivity index (χ2v) is 4.22. The number of hydrogen-bond acceptors (Lipinski definition) is 2. The van der Waals surface area contributed by atoms with E-state index in [9.17, 15) is 5.11 Å². The Morgan fingerprint density at radius 1 is 1.50 bits per heavy atom. The molecular formula is C9H16N2O. The molecule has 0 spiro atoms. The van der Waals surface area contributed by atoms with Crippen molar-refractivity contribution in [2.45, 2.75) is 26.9 Å². The monoisotopic (exact) mass is 168 g/mol. The van der Waals surface area contributed by atoms with Gasteiger partial charge in [0.25, 0.3) is 0 Å². The first-order valence-electron chi connectivity index (χ1n) is 4.08. The van der Waals surface area contributed by atoms with Crippen LogP contribution in [0, 0.1) is 5.41 Å². The zero-order chi connectivity index (χ0) is 9.35. The summed E-state index contributed by atoms with van der Waals surface area (Å²) in [5, 5.41) is 13.8. The molecule has 1 aromatic heterocycles. The Balaban J connectivity index is 2.85. The van der Waals surface area contributed by atoms with Gasteiger partial charge in [-0.15, -0.1) is 0 Å². The van der Waals surface area contributed by atoms with Gasteiger partial charge in [-0.25, -0.2) is 0 Å². The molecule has 0 aliphatic rings. The third-order valence-corrected chi connectivity index (χ3v) is 1.86. The highest BCUT2D eigenvalue weighted by molar-refractivity contribution is 5.10. The van der Waals surface area contributed by atoms with Crippen LogP contribution in [0.4, 0.5) is 0 Å². The van der Waals surface area contributed by atoms with Gasteiger partial charge in [-0.2, -0.15) is 5.10 Å². The fourth-order valence-electron chi connectivity index (χ4n) is 1.08. The minimum Gasteiger partial charge on any atom is -0.388 e. The van der Waals surface area contributed by atoms with Gasteiger partial charge in [0.1, 0.15) is 0 Å². The summed E-state index contributed by atoms with van der Waals surface area (Å²) in [7, 11) is 1.85. The lowest BCUT2D eigenvalue weighted by atomic mass is 9.86. The molecule has 68 valence electrons. The molecule has 0 radical (unpaired) electrons. The van der Waals surface area contributed by atoms with Crippen LogP contribution >= 0.6 is 0 Å². The molecule has 12 heavy (non-hydrogen) atoms. The molecule has 0 amide bonds. The number of rotatable bonds is 1. The summed E-state index contributed by atoms with van der Waals surface area (Å²) in [5.74, 6) is 0. The van der Waals surface area contributed by atoms with Gasteiger partial charge in [0.05, 0.1) is 12.3 Å². The topological polar surface area (TPSA) is 38.0 Å². The summed E-state index contributed by atoms with van der Waals surface area (Å²) < 4.78 is 1.70. The number of aliphatic hydroxyl groups is 1. The zero-order valence-electron chi connectivity index (χ0n) is 8.07. The highest BCUT2D eigenvalue weighted by atomic mass is 16.3. The Kier molecular flexibility index (Phi) is 2.24. The average Bonchev–Trinajstić information content (AvgIpc) is 2.32. The summed E-state index contributed by atoms with van der Waals surface area (Å²) in [6.07, 6.45) is 3.11. The standard InChI is InChI=1S/C9H16N2O/c1-9(2,3)8(12)7-5-10-11(4)6-7/h5-6,8,12H,1-4H3. The Bertz CT molecular complexity index is 260. The fourth-order valence-corrected chi connectivity index (χ4v) is 1.08. The van der Waals surface area contributed by atoms with Crippen LogP contribution in [0.1, 0.15) is 32.4 Å². The predicted octanol–water partition coefficient (Wildman–Crippen LogP) is 1.50. The van der Waals surface area contributed by atoms with Gasteiger partial charge in [-0.1, -0.05) is 20.8 Å². The lowest BCUT2D eigenvalue weighted by Crippen LogP contribution is -2.17. The molecule has 0 aromatic carbocycles. The second-order valence-electron chi connectivity index (χ2n) is 4.22. The molecule has 1 rings (SSSR count). The van der Waals surface area contributed by atoms with Crippen molar-refractivity contribution in [3.05, 3.63) is 18.0 Å². The quantitative estimate of drug-likeness (QED) is 0.690. The molecule has 3 heteroatoms. The normalized spacial score (nSPS) is 14.8. The summed E-state index contributed by atoms with van der Waals surface area (Å²) in [4.78, 5) is 0. The molecule has 0 saturated carbocycles. The molecule has 1 aromatic rings. The van der Waals surface area contributed by atoms with Crippen LogP contribution in [0.3, 0.4) is 0 Å². The van der Waals surface area contributed by atoms with Gasteiger partial charge in [0.2, 0.25) is 0 Å². The van der Waals surface area contributed by atoms with E-state index in [1.54, 1.807) is 10.9 Å². The average molecular weight is 168 g/mol. The summed E-state index contributed by atoms with van der Waals surface area (Å²) >= 11 is 0. The largest absolute Gasteiger partial charge is 0.388 e. The van der Waals surface area contributed by atoms with Crippen molar-refractivity contribution in [3.63, 3.8) is 0 Å². The summed E-state index contributed by atoms with van der Waals surface area (Å²) in [6, 6.07) is 0. The van der Waals surface area contributed by atoms with Crippen molar-refractivity contribution in [1.29, 1.82) is 0 Å². The number of aryl methyl sites for hydroxylation is 1. The van der Waals surface area contributed by atoms with Gasteiger partial charge in [0, 0.05) is 18.8 Å². The lowest BCUT2D eigenvalue weighted by molar-refractivity contribution is 0.0626. The van der Waals surface area contributed by atoms with Crippen molar-refractivity contribution in [3.8, 4) is 0 Å². The molecule has 1 atom stereocenters. The van der Waals surface area contributed by atoms with Crippen molar-refractivity contribution in [2.75, 3.05) is 0 Å². The minimum atomic E-state index is -0.439. The van der Waals surface area contributed by atoms with E-state index >= 15 is 0 Å². The van der Waals surface area contributed by atoms with Crippen LogP contribution in [-0.4, -0.2) is 14.9 Å². The van der Waals surface area contributed by atoms with Crippen LogP contribution in [0.25, 0.3) is 0 Å². The number of nitrogens with zero attached hydrogens (tertiary/aromatic N) is 2.